The number of anilines is 1. The molecule has 3 heteroatoms. The molecule has 0 amide bonds. The summed E-state index contributed by atoms with van der Waals surface area (Å²) in [5, 5.41) is 21.2. The number of benzene rings is 2. The van der Waals surface area contributed by atoms with Gasteiger partial charge < -0.3 is 10.0 Å². The molecule has 3 nitrogen and oxygen atoms in total. The van der Waals surface area contributed by atoms with Crippen LogP contribution in [0.25, 0.3) is 10.8 Å². The average molecular weight is 252 g/mol. The lowest BCUT2D eigenvalue weighted by Gasteiger charge is -2.26. The van der Waals surface area contributed by atoms with Gasteiger partial charge in [0.15, 0.2) is 0 Å². The van der Waals surface area contributed by atoms with E-state index in [1.807, 2.05) is 43.3 Å². The summed E-state index contributed by atoms with van der Waals surface area (Å²) in [6.45, 7) is 2.91. The quantitative estimate of drug-likeness (QED) is 0.848. The van der Waals surface area contributed by atoms with Crippen molar-refractivity contribution in [2.45, 2.75) is 25.5 Å². The van der Waals surface area contributed by atoms with Crippen LogP contribution < -0.4 is 4.90 Å². The molecule has 1 saturated heterocycles. The highest BCUT2D eigenvalue weighted by atomic mass is 16.3. The van der Waals surface area contributed by atoms with Gasteiger partial charge in [-0.25, -0.2) is 0 Å². The van der Waals surface area contributed by atoms with E-state index in [1.165, 1.54) is 0 Å². The third kappa shape index (κ3) is 1.85. The van der Waals surface area contributed by atoms with E-state index in [-0.39, 0.29) is 12.1 Å². The van der Waals surface area contributed by atoms with Crippen LogP contribution in [-0.4, -0.2) is 23.8 Å². The Balaban J connectivity index is 2.18. The highest BCUT2D eigenvalue weighted by Gasteiger charge is 2.30. The minimum atomic E-state index is -0.269. The molecule has 2 atom stereocenters. The van der Waals surface area contributed by atoms with Crippen molar-refractivity contribution in [1.29, 1.82) is 5.26 Å². The first kappa shape index (κ1) is 12.0. The van der Waals surface area contributed by atoms with E-state index >= 15 is 0 Å². The van der Waals surface area contributed by atoms with Crippen LogP contribution in [0.2, 0.25) is 0 Å². The zero-order chi connectivity index (χ0) is 13.4. The lowest BCUT2D eigenvalue weighted by atomic mass is 10.0. The second-order valence-electron chi connectivity index (χ2n) is 5.08. The highest BCUT2D eigenvalue weighted by Crippen LogP contribution is 2.33. The van der Waals surface area contributed by atoms with E-state index in [0.717, 1.165) is 29.4 Å². The van der Waals surface area contributed by atoms with E-state index in [9.17, 15) is 10.4 Å². The molecule has 0 bridgehead atoms. The lowest BCUT2D eigenvalue weighted by Crippen LogP contribution is -2.32. The molecular weight excluding hydrogens is 236 g/mol. The van der Waals surface area contributed by atoms with Crippen LogP contribution >= 0.6 is 0 Å². The van der Waals surface area contributed by atoms with Gasteiger partial charge in [-0.3, -0.25) is 0 Å². The molecule has 0 aliphatic carbocycles. The third-order valence-corrected chi connectivity index (χ3v) is 4.05. The largest absolute Gasteiger partial charge is 0.391 e. The number of fused-ring (bicyclic) bond motifs is 1. The zero-order valence-electron chi connectivity index (χ0n) is 10.9. The first-order valence-corrected chi connectivity index (χ1v) is 6.59. The first-order valence-electron chi connectivity index (χ1n) is 6.59. The number of rotatable bonds is 1. The fourth-order valence-electron chi connectivity index (χ4n) is 2.89. The van der Waals surface area contributed by atoms with Crippen LogP contribution in [0, 0.1) is 11.3 Å². The summed E-state index contributed by atoms with van der Waals surface area (Å²) in [5.74, 6) is 0. The predicted octanol–water partition coefficient (Wildman–Crippen LogP) is 2.67. The molecule has 2 unspecified atom stereocenters. The van der Waals surface area contributed by atoms with Gasteiger partial charge >= 0.3 is 0 Å². The lowest BCUT2D eigenvalue weighted by molar-refractivity contribution is 0.170. The summed E-state index contributed by atoms with van der Waals surface area (Å²) in [4.78, 5) is 2.23. The molecule has 1 heterocycles. The van der Waals surface area contributed by atoms with Crippen LogP contribution in [-0.2, 0) is 0 Å². The Bertz CT molecular complexity index is 659. The molecule has 96 valence electrons. The molecule has 1 aliphatic rings. The molecule has 0 radical (unpaired) electrons. The Morgan fingerprint density at radius 1 is 1.21 bits per heavy atom. The molecule has 1 N–H and O–H groups in total. The van der Waals surface area contributed by atoms with Crippen molar-refractivity contribution in [3.8, 4) is 6.07 Å². The van der Waals surface area contributed by atoms with Crippen LogP contribution in [0.4, 0.5) is 5.69 Å². The van der Waals surface area contributed by atoms with Gasteiger partial charge in [0, 0.05) is 23.0 Å². The molecule has 19 heavy (non-hydrogen) atoms. The fraction of sp³-hybridized carbons (Fsp3) is 0.312. The SMILES string of the molecule is CC1C(O)CCN1c1ccc(C#N)c2ccccc12. The molecule has 3 rings (SSSR count). The van der Waals surface area contributed by atoms with Gasteiger partial charge in [-0.15, -0.1) is 0 Å². The Labute approximate surface area is 112 Å². The normalized spacial score (nSPS) is 22.7. The minimum Gasteiger partial charge on any atom is -0.391 e. The summed E-state index contributed by atoms with van der Waals surface area (Å²) in [5.41, 5.74) is 1.81. The van der Waals surface area contributed by atoms with E-state index in [2.05, 4.69) is 11.0 Å². The Morgan fingerprint density at radius 2 is 1.95 bits per heavy atom. The summed E-state index contributed by atoms with van der Waals surface area (Å²) in [6, 6.07) is 14.2. The monoisotopic (exact) mass is 252 g/mol. The van der Waals surface area contributed by atoms with E-state index in [0.29, 0.717) is 5.56 Å². The van der Waals surface area contributed by atoms with Crippen molar-refractivity contribution in [2.24, 2.45) is 0 Å². The number of aliphatic hydroxyl groups is 1. The van der Waals surface area contributed by atoms with Crippen LogP contribution in [0.3, 0.4) is 0 Å². The molecule has 0 saturated carbocycles. The van der Waals surface area contributed by atoms with Crippen molar-refractivity contribution < 1.29 is 5.11 Å². The topological polar surface area (TPSA) is 47.3 Å². The van der Waals surface area contributed by atoms with E-state index in [4.69, 9.17) is 0 Å². The molecular formula is C16H16N2O. The Kier molecular flexibility index (Phi) is 2.88. The predicted molar refractivity (Wildman–Crippen MR) is 76.1 cm³/mol. The maximum Gasteiger partial charge on any atom is 0.0998 e. The van der Waals surface area contributed by atoms with E-state index in [1.54, 1.807) is 0 Å². The standard InChI is InChI=1S/C16H16N2O/c1-11-16(19)8-9-18(11)15-7-6-12(10-17)13-4-2-3-5-14(13)15/h2-7,11,16,19H,8-9H2,1H3. The molecule has 1 fully saturated rings. The summed E-state index contributed by atoms with van der Waals surface area (Å²) >= 11 is 0. The summed E-state index contributed by atoms with van der Waals surface area (Å²) < 4.78 is 0. The number of nitriles is 1. The Hall–Kier alpha value is -2.05. The molecule has 2 aromatic rings. The van der Waals surface area contributed by atoms with Crippen molar-refractivity contribution in [3.63, 3.8) is 0 Å². The minimum absolute atomic E-state index is 0.122. The first-order chi connectivity index (χ1) is 9.22. The van der Waals surface area contributed by atoms with Crippen LogP contribution in [0.15, 0.2) is 36.4 Å². The van der Waals surface area contributed by atoms with Gasteiger partial charge in [0.05, 0.1) is 23.8 Å². The van der Waals surface area contributed by atoms with Crippen molar-refractivity contribution in [2.75, 3.05) is 11.4 Å². The van der Waals surface area contributed by atoms with E-state index < -0.39 is 0 Å². The number of aliphatic hydroxyl groups excluding tert-OH is 1. The van der Waals surface area contributed by atoms with Crippen LogP contribution in [0.5, 0.6) is 0 Å². The highest BCUT2D eigenvalue weighted by molar-refractivity contribution is 5.98. The molecule has 2 aromatic carbocycles. The average Bonchev–Trinajstić information content (AvgIpc) is 2.78. The maximum atomic E-state index is 9.91. The number of hydrogen-bond acceptors (Lipinski definition) is 3. The maximum absolute atomic E-state index is 9.91. The van der Waals surface area contributed by atoms with Crippen molar-refractivity contribution in [1.82, 2.24) is 0 Å². The number of nitrogens with zero attached hydrogens (tertiary/aromatic N) is 2. The summed E-state index contributed by atoms with van der Waals surface area (Å²) in [7, 11) is 0. The Morgan fingerprint density at radius 3 is 2.58 bits per heavy atom. The van der Waals surface area contributed by atoms with Gasteiger partial charge in [-0.05, 0) is 25.5 Å². The second kappa shape index (κ2) is 4.56. The van der Waals surface area contributed by atoms with Gasteiger partial charge in [0.2, 0.25) is 0 Å². The van der Waals surface area contributed by atoms with Crippen molar-refractivity contribution in [3.05, 3.63) is 42.0 Å². The third-order valence-electron chi connectivity index (χ3n) is 4.05. The van der Waals surface area contributed by atoms with Crippen molar-refractivity contribution >= 4 is 16.5 Å². The van der Waals surface area contributed by atoms with Gasteiger partial charge in [0.25, 0.3) is 0 Å². The van der Waals surface area contributed by atoms with Crippen LogP contribution in [0.1, 0.15) is 18.9 Å². The van der Waals surface area contributed by atoms with Gasteiger partial charge in [0.1, 0.15) is 0 Å². The fourth-order valence-corrected chi connectivity index (χ4v) is 2.89. The smallest absolute Gasteiger partial charge is 0.0998 e. The molecule has 1 aliphatic heterocycles. The molecule has 0 aromatic heterocycles. The zero-order valence-corrected chi connectivity index (χ0v) is 10.9. The van der Waals surface area contributed by atoms with Gasteiger partial charge in [-0.1, -0.05) is 24.3 Å². The second-order valence-corrected chi connectivity index (χ2v) is 5.08. The molecule has 0 spiro atoms. The number of hydrogen-bond donors (Lipinski definition) is 1. The van der Waals surface area contributed by atoms with Gasteiger partial charge in [-0.2, -0.15) is 5.26 Å². The summed E-state index contributed by atoms with van der Waals surface area (Å²) in [6.07, 6.45) is 0.532.